The van der Waals surface area contributed by atoms with Crippen molar-refractivity contribution in [2.45, 2.75) is 180 Å². The third kappa shape index (κ3) is 31.4. The molecule has 10 heteroatoms. The fourth-order valence-corrected chi connectivity index (χ4v) is 5.79. The first-order valence-electron chi connectivity index (χ1n) is 18.0. The van der Waals surface area contributed by atoms with Crippen LogP contribution in [0.3, 0.4) is 0 Å². The van der Waals surface area contributed by atoms with E-state index in [1.165, 1.54) is 116 Å². The van der Waals surface area contributed by atoms with Gasteiger partial charge in [-0.1, -0.05) is 149 Å². The maximum Gasteiger partial charge on any atom is 0.472 e. The predicted molar refractivity (Wildman–Crippen MR) is 178 cm³/mol. The summed E-state index contributed by atoms with van der Waals surface area (Å²) in [4.78, 5) is 22.4. The van der Waals surface area contributed by atoms with Crippen molar-refractivity contribution >= 4 is 13.8 Å². The van der Waals surface area contributed by atoms with Gasteiger partial charge in [0.2, 0.25) is 0 Å². The third-order valence-corrected chi connectivity index (χ3v) is 8.74. The summed E-state index contributed by atoms with van der Waals surface area (Å²) in [6.07, 6.45) is 26.3. The van der Waals surface area contributed by atoms with E-state index in [4.69, 9.17) is 23.6 Å². The molecular weight excluding hydrogens is 583 g/mol. The van der Waals surface area contributed by atoms with Crippen LogP contribution in [0.25, 0.3) is 0 Å². The number of phosphoric acid groups is 1. The smallest absolute Gasteiger partial charge is 0.457 e. The molecule has 9 nitrogen and oxygen atoms in total. The highest BCUT2D eigenvalue weighted by atomic mass is 31.2. The maximum atomic E-state index is 12.5. The number of esters is 1. The highest BCUT2D eigenvalue weighted by molar-refractivity contribution is 7.47. The number of unbranched alkanes of at least 4 members (excludes halogenated alkanes) is 21. The molecule has 0 radical (unpaired) electrons. The molecule has 0 bridgehead atoms. The zero-order valence-electron chi connectivity index (χ0n) is 28.4. The first kappa shape index (κ1) is 43.5. The number of phosphoric ester groups is 1. The maximum absolute atomic E-state index is 12.5. The molecular formula is C34H69O9P. The molecule has 0 aromatic rings. The van der Waals surface area contributed by atoms with Crippen molar-refractivity contribution in [1.82, 2.24) is 0 Å². The third-order valence-electron chi connectivity index (χ3n) is 7.79. The van der Waals surface area contributed by atoms with Gasteiger partial charge in [-0.05, 0) is 12.8 Å². The van der Waals surface area contributed by atoms with Gasteiger partial charge >= 0.3 is 13.8 Å². The van der Waals surface area contributed by atoms with Crippen molar-refractivity contribution in [2.75, 3.05) is 33.0 Å². The standard InChI is InChI=1S/C34H69O9P/c1-3-5-7-9-11-13-15-16-18-20-22-24-26-34(37)43-33(31-42-44(38,39)41-29-32(36)28-35)30-40-27-25-23-21-19-17-14-12-10-8-6-4-2/h32-33,35-36H,3-31H2,1-2H3,(H,38,39). The minimum absolute atomic E-state index is 0.0568. The van der Waals surface area contributed by atoms with Crippen molar-refractivity contribution in [1.29, 1.82) is 0 Å². The Morgan fingerprint density at radius 3 is 1.48 bits per heavy atom. The Kier molecular flexibility index (Phi) is 32.0. The minimum atomic E-state index is -4.50. The molecule has 0 aliphatic rings. The van der Waals surface area contributed by atoms with E-state index in [1.54, 1.807) is 0 Å². The van der Waals surface area contributed by atoms with Crippen molar-refractivity contribution in [2.24, 2.45) is 0 Å². The number of carbonyl (C=O) groups is 1. The topological polar surface area (TPSA) is 132 Å². The lowest BCUT2D eigenvalue weighted by atomic mass is 10.0. The lowest BCUT2D eigenvalue weighted by Gasteiger charge is -2.20. The van der Waals surface area contributed by atoms with Crippen LogP contribution >= 0.6 is 7.82 Å². The van der Waals surface area contributed by atoms with E-state index in [2.05, 4.69) is 13.8 Å². The molecule has 0 aromatic carbocycles. The molecule has 0 aliphatic heterocycles. The molecule has 0 saturated heterocycles. The van der Waals surface area contributed by atoms with E-state index in [1.807, 2.05) is 0 Å². The highest BCUT2D eigenvalue weighted by Gasteiger charge is 2.26. The minimum Gasteiger partial charge on any atom is -0.457 e. The lowest BCUT2D eigenvalue weighted by molar-refractivity contribution is -0.154. The number of rotatable bonds is 35. The van der Waals surface area contributed by atoms with E-state index in [0.717, 1.165) is 32.1 Å². The number of hydrogen-bond acceptors (Lipinski definition) is 8. The van der Waals surface area contributed by atoms with E-state index < -0.39 is 33.2 Å². The molecule has 3 unspecified atom stereocenters. The molecule has 0 aliphatic carbocycles. The summed E-state index contributed by atoms with van der Waals surface area (Å²) in [6, 6.07) is 0. The van der Waals surface area contributed by atoms with Gasteiger partial charge in [0.25, 0.3) is 0 Å². The van der Waals surface area contributed by atoms with Crippen LogP contribution in [0.2, 0.25) is 0 Å². The number of ether oxygens (including phenoxy) is 2. The van der Waals surface area contributed by atoms with E-state index in [9.17, 15) is 19.4 Å². The molecule has 0 rings (SSSR count). The second-order valence-corrected chi connectivity index (χ2v) is 13.7. The van der Waals surface area contributed by atoms with Crippen LogP contribution in [-0.4, -0.2) is 66.3 Å². The normalized spacial score (nSPS) is 14.4. The van der Waals surface area contributed by atoms with Gasteiger partial charge in [-0.15, -0.1) is 0 Å². The molecule has 0 saturated carbocycles. The Morgan fingerprint density at radius 1 is 0.614 bits per heavy atom. The van der Waals surface area contributed by atoms with Crippen LogP contribution < -0.4 is 0 Å². The summed E-state index contributed by atoms with van der Waals surface area (Å²) in [5.74, 6) is -0.381. The molecule has 0 fully saturated rings. The van der Waals surface area contributed by atoms with Crippen LogP contribution in [0.4, 0.5) is 0 Å². The van der Waals surface area contributed by atoms with Crippen molar-refractivity contribution in [3.8, 4) is 0 Å². The summed E-state index contributed by atoms with van der Waals surface area (Å²) in [5.41, 5.74) is 0. The Bertz CT molecular complexity index is 665. The molecule has 0 aromatic heterocycles. The Hall–Kier alpha value is -0.540. The zero-order chi connectivity index (χ0) is 32.6. The zero-order valence-corrected chi connectivity index (χ0v) is 29.3. The van der Waals surface area contributed by atoms with Gasteiger partial charge in [-0.3, -0.25) is 13.8 Å². The average molecular weight is 653 g/mol. The van der Waals surface area contributed by atoms with E-state index in [0.29, 0.717) is 6.61 Å². The second kappa shape index (κ2) is 32.4. The van der Waals surface area contributed by atoms with Gasteiger partial charge in [0.05, 0.1) is 26.4 Å². The predicted octanol–water partition coefficient (Wildman–Crippen LogP) is 8.80. The van der Waals surface area contributed by atoms with Crippen LogP contribution in [0, 0.1) is 0 Å². The number of carbonyl (C=O) groups excluding carboxylic acids is 1. The second-order valence-electron chi connectivity index (χ2n) is 12.3. The van der Waals surface area contributed by atoms with Gasteiger partial charge < -0.3 is 24.6 Å². The number of aliphatic hydroxyl groups excluding tert-OH is 2. The molecule has 0 heterocycles. The van der Waals surface area contributed by atoms with Gasteiger partial charge in [-0.2, -0.15) is 0 Å². The summed E-state index contributed by atoms with van der Waals surface area (Å²) >= 11 is 0. The monoisotopic (exact) mass is 652 g/mol. The SMILES string of the molecule is CCCCCCCCCCCCCCC(=O)OC(COCCCCCCCCCCCCC)COP(=O)(O)OCC(O)CO. The quantitative estimate of drug-likeness (QED) is 0.0349. The fraction of sp³-hybridized carbons (Fsp3) is 0.971. The molecule has 0 amide bonds. The largest absolute Gasteiger partial charge is 0.472 e. The van der Waals surface area contributed by atoms with Crippen LogP contribution in [-0.2, 0) is 27.9 Å². The Morgan fingerprint density at radius 2 is 1.02 bits per heavy atom. The molecule has 3 N–H and O–H groups in total. The summed E-state index contributed by atoms with van der Waals surface area (Å²) in [6.45, 7) is 3.52. The number of hydrogen-bond donors (Lipinski definition) is 3. The molecule has 44 heavy (non-hydrogen) atoms. The Labute approximate surface area is 269 Å². The summed E-state index contributed by atoms with van der Waals surface area (Å²) in [7, 11) is -4.50. The summed E-state index contributed by atoms with van der Waals surface area (Å²) < 4.78 is 33.1. The van der Waals surface area contributed by atoms with Gasteiger partial charge in [0.15, 0.2) is 0 Å². The van der Waals surface area contributed by atoms with Crippen molar-refractivity contribution < 1.29 is 43.0 Å². The van der Waals surface area contributed by atoms with Crippen molar-refractivity contribution in [3.05, 3.63) is 0 Å². The van der Waals surface area contributed by atoms with Crippen LogP contribution in [0.1, 0.15) is 168 Å². The first-order chi connectivity index (χ1) is 21.3. The van der Waals surface area contributed by atoms with Crippen LogP contribution in [0.15, 0.2) is 0 Å². The van der Waals surface area contributed by atoms with Crippen molar-refractivity contribution in [3.63, 3.8) is 0 Å². The van der Waals surface area contributed by atoms with Gasteiger partial charge in [0, 0.05) is 13.0 Å². The molecule has 0 spiro atoms. The van der Waals surface area contributed by atoms with Gasteiger partial charge in [-0.25, -0.2) is 4.57 Å². The first-order valence-corrected chi connectivity index (χ1v) is 19.5. The Balaban J connectivity index is 4.24. The lowest BCUT2D eigenvalue weighted by Crippen LogP contribution is -2.29. The van der Waals surface area contributed by atoms with Gasteiger partial charge in [0.1, 0.15) is 12.2 Å². The average Bonchev–Trinajstić information content (AvgIpc) is 3.01. The molecule has 264 valence electrons. The van der Waals surface area contributed by atoms with Crippen LogP contribution in [0.5, 0.6) is 0 Å². The summed E-state index contributed by atoms with van der Waals surface area (Å²) in [5, 5.41) is 18.2. The fourth-order valence-electron chi connectivity index (χ4n) is 5.00. The molecule has 3 atom stereocenters. The highest BCUT2D eigenvalue weighted by Crippen LogP contribution is 2.43. The number of aliphatic hydroxyl groups is 2. The van der Waals surface area contributed by atoms with E-state index in [-0.39, 0.29) is 25.6 Å². The van der Waals surface area contributed by atoms with E-state index >= 15 is 0 Å².